The van der Waals surface area contributed by atoms with Crippen LogP contribution in [0, 0.1) is 5.41 Å². The van der Waals surface area contributed by atoms with Gasteiger partial charge in [0.25, 0.3) is 5.91 Å². The number of rotatable bonds is 4. The Hall–Kier alpha value is -1.82. The van der Waals surface area contributed by atoms with E-state index in [2.05, 4.69) is 10.3 Å². The van der Waals surface area contributed by atoms with Crippen LogP contribution in [0.4, 0.5) is 4.79 Å². The van der Waals surface area contributed by atoms with Crippen LogP contribution in [-0.2, 0) is 4.74 Å². The van der Waals surface area contributed by atoms with Crippen LogP contribution in [-0.4, -0.2) is 29.6 Å². The molecule has 0 saturated carbocycles. The van der Waals surface area contributed by atoms with E-state index in [9.17, 15) is 9.59 Å². The molecule has 1 aromatic heterocycles. The molecule has 0 aliphatic heterocycles. The first kappa shape index (κ1) is 16.2. The normalized spacial score (nSPS) is 12.6. The molecular weight excluding hydrogens is 282 g/mol. The van der Waals surface area contributed by atoms with Crippen LogP contribution in [0.5, 0.6) is 0 Å². The summed E-state index contributed by atoms with van der Waals surface area (Å²) in [5, 5.41) is 3.22. The molecule has 0 aliphatic rings. The number of carbonyl (C=O) groups is 2. The molecule has 0 aliphatic carbocycles. The van der Waals surface area contributed by atoms with Gasteiger partial charge >= 0.3 is 6.09 Å². The molecule has 1 rings (SSSR count). The molecule has 1 atom stereocenters. The number of halogens is 1. The van der Waals surface area contributed by atoms with Gasteiger partial charge in [-0.2, -0.15) is 0 Å². The van der Waals surface area contributed by atoms with Crippen molar-refractivity contribution in [1.82, 2.24) is 10.3 Å². The summed E-state index contributed by atoms with van der Waals surface area (Å²) in [4.78, 5) is 26.7. The van der Waals surface area contributed by atoms with Gasteiger partial charge in [-0.1, -0.05) is 32.4 Å². The summed E-state index contributed by atoms with van der Waals surface area (Å²) in [6.45, 7) is 5.74. The molecule has 7 heteroatoms. The highest BCUT2D eigenvalue weighted by molar-refractivity contribution is 6.30. The Morgan fingerprint density at radius 3 is 2.55 bits per heavy atom. The van der Waals surface area contributed by atoms with E-state index in [1.54, 1.807) is 6.07 Å². The first-order valence-electron chi connectivity index (χ1n) is 6.05. The van der Waals surface area contributed by atoms with Crippen molar-refractivity contribution < 1.29 is 14.3 Å². The second-order valence-electron chi connectivity index (χ2n) is 5.38. The summed E-state index contributed by atoms with van der Waals surface area (Å²) in [5.74, 6) is -0.366. The van der Waals surface area contributed by atoms with Crippen LogP contribution in [0.15, 0.2) is 18.3 Å². The summed E-state index contributed by atoms with van der Waals surface area (Å²) in [6.07, 6.45) is 0.515. The van der Waals surface area contributed by atoms with E-state index in [0.717, 1.165) is 0 Å². The van der Waals surface area contributed by atoms with Crippen molar-refractivity contribution in [1.29, 1.82) is 0 Å². The molecule has 6 nitrogen and oxygen atoms in total. The van der Waals surface area contributed by atoms with E-state index in [0.29, 0.717) is 5.02 Å². The van der Waals surface area contributed by atoms with Crippen molar-refractivity contribution in [2.24, 2.45) is 11.1 Å². The monoisotopic (exact) mass is 299 g/mol. The van der Waals surface area contributed by atoms with Crippen molar-refractivity contribution >= 4 is 23.6 Å². The fourth-order valence-corrected chi connectivity index (χ4v) is 1.53. The third kappa shape index (κ3) is 5.05. The SMILES string of the molecule is CC(C)(C)C(COC(N)=O)NC(=O)c1ccc(Cl)cn1. The molecule has 20 heavy (non-hydrogen) atoms. The average Bonchev–Trinajstić information content (AvgIpc) is 2.33. The Kier molecular flexibility index (Phi) is 5.33. The molecular formula is C13H18ClN3O3. The fourth-order valence-electron chi connectivity index (χ4n) is 1.42. The summed E-state index contributed by atoms with van der Waals surface area (Å²) in [7, 11) is 0. The van der Waals surface area contributed by atoms with Crippen molar-refractivity contribution in [2.45, 2.75) is 26.8 Å². The minimum absolute atomic E-state index is 0.00182. The summed E-state index contributed by atoms with van der Waals surface area (Å²) >= 11 is 5.71. The second kappa shape index (κ2) is 6.56. The first-order valence-corrected chi connectivity index (χ1v) is 6.42. The number of primary amides is 1. The lowest BCUT2D eigenvalue weighted by molar-refractivity contribution is 0.0799. The summed E-state index contributed by atoms with van der Waals surface area (Å²) in [5.41, 5.74) is 4.87. The van der Waals surface area contributed by atoms with Gasteiger partial charge in [0.05, 0.1) is 11.1 Å². The predicted octanol–water partition coefficient (Wildman–Crippen LogP) is 1.97. The zero-order valence-corrected chi connectivity index (χ0v) is 12.4. The third-order valence-corrected chi connectivity index (χ3v) is 2.93. The molecule has 0 spiro atoms. The van der Waals surface area contributed by atoms with Gasteiger partial charge in [0, 0.05) is 6.20 Å². The minimum atomic E-state index is -0.877. The van der Waals surface area contributed by atoms with Crippen LogP contribution in [0.1, 0.15) is 31.3 Å². The molecule has 2 amide bonds. The molecule has 110 valence electrons. The van der Waals surface area contributed by atoms with E-state index in [1.807, 2.05) is 20.8 Å². The number of hydrogen-bond acceptors (Lipinski definition) is 4. The maximum atomic E-state index is 12.1. The minimum Gasteiger partial charge on any atom is -0.448 e. The highest BCUT2D eigenvalue weighted by atomic mass is 35.5. The van der Waals surface area contributed by atoms with Gasteiger partial charge in [-0.3, -0.25) is 4.79 Å². The smallest absolute Gasteiger partial charge is 0.404 e. The van der Waals surface area contributed by atoms with E-state index >= 15 is 0 Å². The second-order valence-corrected chi connectivity index (χ2v) is 5.82. The number of aromatic nitrogens is 1. The molecule has 1 unspecified atom stereocenters. The lowest BCUT2D eigenvalue weighted by Crippen LogP contribution is -2.47. The Bertz CT molecular complexity index is 483. The maximum absolute atomic E-state index is 12.1. The number of nitrogens with two attached hydrogens (primary N) is 1. The average molecular weight is 300 g/mol. The standard InChI is InChI=1S/C13H18ClN3O3/c1-13(2,3)10(7-20-12(15)19)17-11(18)9-5-4-8(14)6-16-9/h4-6,10H,7H2,1-3H3,(H2,15,19)(H,17,18). The highest BCUT2D eigenvalue weighted by Gasteiger charge is 2.28. The van der Waals surface area contributed by atoms with Crippen LogP contribution in [0.3, 0.4) is 0 Å². The predicted molar refractivity (Wildman–Crippen MR) is 75.5 cm³/mol. The number of pyridine rings is 1. The first-order chi connectivity index (χ1) is 9.20. The zero-order chi connectivity index (χ0) is 15.3. The molecule has 1 aromatic rings. The maximum Gasteiger partial charge on any atom is 0.404 e. The van der Waals surface area contributed by atoms with Gasteiger partial charge in [-0.05, 0) is 17.5 Å². The van der Waals surface area contributed by atoms with E-state index in [4.69, 9.17) is 22.1 Å². The largest absolute Gasteiger partial charge is 0.448 e. The quantitative estimate of drug-likeness (QED) is 0.888. The zero-order valence-electron chi connectivity index (χ0n) is 11.6. The van der Waals surface area contributed by atoms with Crippen LogP contribution < -0.4 is 11.1 Å². The van der Waals surface area contributed by atoms with E-state index in [-0.39, 0.29) is 29.7 Å². The van der Waals surface area contributed by atoms with Crippen molar-refractivity contribution in [3.05, 3.63) is 29.0 Å². The summed E-state index contributed by atoms with van der Waals surface area (Å²) in [6, 6.07) is 2.71. The number of hydrogen-bond donors (Lipinski definition) is 2. The summed E-state index contributed by atoms with van der Waals surface area (Å²) < 4.78 is 4.77. The van der Waals surface area contributed by atoms with Crippen molar-refractivity contribution in [3.8, 4) is 0 Å². The number of nitrogens with zero attached hydrogens (tertiary/aromatic N) is 1. The van der Waals surface area contributed by atoms with Gasteiger partial charge in [0.1, 0.15) is 12.3 Å². The topological polar surface area (TPSA) is 94.3 Å². The number of amides is 2. The highest BCUT2D eigenvalue weighted by Crippen LogP contribution is 2.20. The number of nitrogens with one attached hydrogen (secondary N) is 1. The van der Waals surface area contributed by atoms with Gasteiger partial charge in [0.2, 0.25) is 0 Å². The van der Waals surface area contributed by atoms with Crippen LogP contribution in [0.25, 0.3) is 0 Å². The number of ether oxygens (including phenoxy) is 1. The molecule has 1 heterocycles. The Morgan fingerprint density at radius 1 is 1.45 bits per heavy atom. The van der Waals surface area contributed by atoms with Crippen molar-refractivity contribution in [3.63, 3.8) is 0 Å². The molecule has 0 aromatic carbocycles. The van der Waals surface area contributed by atoms with Crippen LogP contribution in [0.2, 0.25) is 5.02 Å². The molecule has 0 bridgehead atoms. The van der Waals surface area contributed by atoms with Gasteiger partial charge < -0.3 is 15.8 Å². The molecule has 0 radical (unpaired) electrons. The molecule has 0 saturated heterocycles. The van der Waals surface area contributed by atoms with Gasteiger partial charge in [-0.15, -0.1) is 0 Å². The third-order valence-electron chi connectivity index (χ3n) is 2.70. The Labute approximate surface area is 122 Å². The fraction of sp³-hybridized carbons (Fsp3) is 0.462. The lowest BCUT2D eigenvalue weighted by atomic mass is 9.87. The number of carbonyl (C=O) groups excluding carboxylic acids is 2. The van der Waals surface area contributed by atoms with Gasteiger partial charge in [0.15, 0.2) is 0 Å². The Balaban J connectivity index is 2.76. The molecule has 3 N–H and O–H groups in total. The molecule has 0 fully saturated rings. The van der Waals surface area contributed by atoms with E-state index < -0.39 is 6.09 Å². The van der Waals surface area contributed by atoms with Crippen LogP contribution >= 0.6 is 11.6 Å². The van der Waals surface area contributed by atoms with E-state index in [1.165, 1.54) is 12.3 Å². The van der Waals surface area contributed by atoms with Crippen molar-refractivity contribution in [2.75, 3.05) is 6.61 Å². The Morgan fingerprint density at radius 2 is 2.10 bits per heavy atom. The van der Waals surface area contributed by atoms with Gasteiger partial charge in [-0.25, -0.2) is 9.78 Å². The lowest BCUT2D eigenvalue weighted by Gasteiger charge is -2.30.